The third-order valence-corrected chi connectivity index (χ3v) is 7.27. The molecule has 1 aromatic carbocycles. The topological polar surface area (TPSA) is 86.4 Å². The lowest BCUT2D eigenvalue weighted by Crippen LogP contribution is -2.62. The zero-order chi connectivity index (χ0) is 20.7. The maximum Gasteiger partial charge on any atom is 0.174 e. The van der Waals surface area contributed by atoms with E-state index in [1.807, 2.05) is 36.4 Å². The molecule has 1 heterocycles. The van der Waals surface area contributed by atoms with E-state index >= 15 is 0 Å². The van der Waals surface area contributed by atoms with Crippen LogP contribution in [0.4, 0.5) is 0 Å². The molecule has 0 bridgehead atoms. The third-order valence-electron chi connectivity index (χ3n) is 7.27. The molecule has 3 unspecified atom stereocenters. The molecule has 0 amide bonds. The summed E-state index contributed by atoms with van der Waals surface area (Å²) in [5.41, 5.74) is 0.122. The summed E-state index contributed by atoms with van der Waals surface area (Å²) in [6, 6.07) is 13.5. The Hall–Kier alpha value is -2.42. The highest BCUT2D eigenvalue weighted by Crippen LogP contribution is 2.59. The molecule has 1 aromatic heterocycles. The van der Waals surface area contributed by atoms with E-state index in [2.05, 4.69) is 18.0 Å². The van der Waals surface area contributed by atoms with E-state index in [1.54, 1.807) is 13.1 Å². The van der Waals surface area contributed by atoms with E-state index in [1.165, 1.54) is 11.1 Å². The molecule has 29 heavy (non-hydrogen) atoms. The van der Waals surface area contributed by atoms with E-state index in [4.69, 9.17) is 10.00 Å². The lowest BCUT2D eigenvalue weighted by atomic mass is 9.49. The first-order valence-electron chi connectivity index (χ1n) is 10.4. The zero-order valence-electron chi connectivity index (χ0n) is 17.1. The second-order valence-corrected chi connectivity index (χ2v) is 8.74. The van der Waals surface area contributed by atoms with Crippen molar-refractivity contribution in [3.63, 3.8) is 0 Å². The molecular formula is C24H28N2O3. The van der Waals surface area contributed by atoms with Crippen LogP contribution in [-0.2, 0) is 17.4 Å². The Morgan fingerprint density at radius 3 is 2.79 bits per heavy atom. The lowest BCUT2D eigenvalue weighted by molar-refractivity contribution is -0.207. The Balaban J connectivity index is 1.75. The first-order valence-corrected chi connectivity index (χ1v) is 10.4. The second-order valence-electron chi connectivity index (χ2n) is 8.74. The quantitative estimate of drug-likeness (QED) is 0.830. The fourth-order valence-electron chi connectivity index (χ4n) is 5.76. The van der Waals surface area contributed by atoms with Gasteiger partial charge in [0, 0.05) is 11.6 Å². The molecule has 0 saturated heterocycles. The van der Waals surface area contributed by atoms with Crippen LogP contribution in [0, 0.1) is 17.2 Å². The highest BCUT2D eigenvalue weighted by Gasteiger charge is 2.61. The van der Waals surface area contributed by atoms with Gasteiger partial charge in [-0.2, -0.15) is 5.26 Å². The van der Waals surface area contributed by atoms with Gasteiger partial charge in [-0.05, 0) is 80.3 Å². The molecule has 2 aliphatic carbocycles. The number of ether oxygens (including phenoxy) is 1. The van der Waals surface area contributed by atoms with Gasteiger partial charge in [0.05, 0.1) is 11.3 Å². The number of aromatic nitrogens is 1. The first-order chi connectivity index (χ1) is 13.9. The van der Waals surface area contributed by atoms with Crippen molar-refractivity contribution in [1.82, 2.24) is 4.98 Å². The van der Waals surface area contributed by atoms with Crippen molar-refractivity contribution in [2.75, 3.05) is 6.61 Å². The van der Waals surface area contributed by atoms with Gasteiger partial charge in [0.2, 0.25) is 0 Å². The summed E-state index contributed by atoms with van der Waals surface area (Å²) in [5.74, 6) is 0.959. The highest BCUT2D eigenvalue weighted by molar-refractivity contribution is 5.45. The molecule has 1 fully saturated rings. The van der Waals surface area contributed by atoms with Crippen LogP contribution in [0.5, 0.6) is 5.75 Å². The molecule has 5 nitrogen and oxygen atoms in total. The summed E-state index contributed by atoms with van der Waals surface area (Å²) >= 11 is 0. The van der Waals surface area contributed by atoms with Gasteiger partial charge in [0.1, 0.15) is 17.4 Å². The van der Waals surface area contributed by atoms with Crippen molar-refractivity contribution in [2.45, 2.75) is 62.6 Å². The number of nitriles is 1. The Labute approximate surface area is 172 Å². The number of hydrogen-bond donors (Lipinski definition) is 2. The fraction of sp³-hybridized carbons (Fsp3) is 0.500. The number of aliphatic hydroxyl groups is 2. The van der Waals surface area contributed by atoms with Crippen molar-refractivity contribution in [3.8, 4) is 11.8 Å². The van der Waals surface area contributed by atoms with Gasteiger partial charge >= 0.3 is 0 Å². The number of aryl methyl sites for hydroxylation is 1. The molecule has 2 aromatic rings. The van der Waals surface area contributed by atoms with Gasteiger partial charge in [-0.1, -0.05) is 19.1 Å². The van der Waals surface area contributed by atoms with Gasteiger partial charge < -0.3 is 14.9 Å². The standard InChI is InChI=1S/C24H28N2O3/c1-3-23-16-22(2,27)24(28,21-6-4-5-12-26-21)15-18(23)8-7-17-14-19(29-13-11-25)9-10-20(17)23/h4-6,9-10,12,14,18,27-28H,3,7-8,13,15-16H2,1-2H3/t18-,22?,23?,24?/m1/s1. The Bertz CT molecular complexity index is 937. The maximum absolute atomic E-state index is 11.6. The molecule has 5 heteroatoms. The molecule has 1 saturated carbocycles. The van der Waals surface area contributed by atoms with Gasteiger partial charge in [-0.3, -0.25) is 4.98 Å². The van der Waals surface area contributed by atoms with Crippen LogP contribution in [0.3, 0.4) is 0 Å². The summed E-state index contributed by atoms with van der Waals surface area (Å²) in [6.07, 6.45) is 5.35. The maximum atomic E-state index is 11.6. The minimum atomic E-state index is -1.37. The van der Waals surface area contributed by atoms with Crippen LogP contribution in [0.25, 0.3) is 0 Å². The van der Waals surface area contributed by atoms with E-state index in [-0.39, 0.29) is 17.9 Å². The van der Waals surface area contributed by atoms with Crippen molar-refractivity contribution < 1.29 is 14.9 Å². The minimum Gasteiger partial charge on any atom is -0.479 e. The fourth-order valence-corrected chi connectivity index (χ4v) is 5.76. The second kappa shape index (κ2) is 7.12. The van der Waals surface area contributed by atoms with Crippen molar-refractivity contribution >= 4 is 0 Å². The van der Waals surface area contributed by atoms with Gasteiger partial charge in [0.25, 0.3) is 0 Å². The number of fused-ring (bicyclic) bond motifs is 3. The van der Waals surface area contributed by atoms with E-state index in [0.717, 1.165) is 19.3 Å². The average Bonchev–Trinajstić information content (AvgIpc) is 2.73. The van der Waals surface area contributed by atoms with Crippen LogP contribution in [-0.4, -0.2) is 27.4 Å². The Morgan fingerprint density at radius 2 is 2.10 bits per heavy atom. The molecule has 4 atom stereocenters. The summed E-state index contributed by atoms with van der Waals surface area (Å²) in [6.45, 7) is 3.95. The van der Waals surface area contributed by atoms with Crippen molar-refractivity contribution in [3.05, 3.63) is 59.4 Å². The van der Waals surface area contributed by atoms with Gasteiger partial charge in [0.15, 0.2) is 6.61 Å². The molecule has 2 aliphatic rings. The number of pyridine rings is 1. The summed E-state index contributed by atoms with van der Waals surface area (Å²) < 4.78 is 5.50. The zero-order valence-corrected chi connectivity index (χ0v) is 17.1. The largest absolute Gasteiger partial charge is 0.479 e. The SMILES string of the molecule is CCC12CC(C)(O)C(O)(c3ccccn3)C[C@H]1CCc1cc(OCC#N)ccc12. The van der Waals surface area contributed by atoms with Crippen LogP contribution in [0.15, 0.2) is 42.6 Å². The van der Waals surface area contributed by atoms with Crippen LogP contribution >= 0.6 is 0 Å². The summed E-state index contributed by atoms with van der Waals surface area (Å²) in [4.78, 5) is 4.39. The van der Waals surface area contributed by atoms with Crippen molar-refractivity contribution in [1.29, 1.82) is 5.26 Å². The van der Waals surface area contributed by atoms with Crippen LogP contribution < -0.4 is 4.74 Å². The number of rotatable bonds is 4. The number of benzene rings is 1. The Morgan fingerprint density at radius 1 is 1.28 bits per heavy atom. The monoisotopic (exact) mass is 392 g/mol. The molecule has 152 valence electrons. The molecule has 2 N–H and O–H groups in total. The van der Waals surface area contributed by atoms with Gasteiger partial charge in [-0.15, -0.1) is 0 Å². The van der Waals surface area contributed by atoms with Crippen LogP contribution in [0.1, 0.15) is 56.4 Å². The highest BCUT2D eigenvalue weighted by atomic mass is 16.5. The van der Waals surface area contributed by atoms with Crippen LogP contribution in [0.2, 0.25) is 0 Å². The molecule has 0 aliphatic heterocycles. The first kappa shape index (κ1) is 19.9. The molecule has 0 radical (unpaired) electrons. The van der Waals surface area contributed by atoms with E-state index < -0.39 is 11.2 Å². The normalized spacial score (nSPS) is 33.3. The summed E-state index contributed by atoms with van der Waals surface area (Å²) in [5, 5.41) is 31.9. The van der Waals surface area contributed by atoms with Gasteiger partial charge in [-0.25, -0.2) is 0 Å². The minimum absolute atomic E-state index is 0.0339. The average molecular weight is 392 g/mol. The smallest absolute Gasteiger partial charge is 0.174 e. The van der Waals surface area contributed by atoms with E-state index in [0.29, 0.717) is 24.3 Å². The third kappa shape index (κ3) is 3.02. The van der Waals surface area contributed by atoms with E-state index in [9.17, 15) is 10.2 Å². The predicted molar refractivity (Wildman–Crippen MR) is 109 cm³/mol. The number of nitrogens with zero attached hydrogens (tertiary/aromatic N) is 2. The predicted octanol–water partition coefficient (Wildman–Crippen LogP) is 3.63. The molecule has 4 rings (SSSR count). The Kier molecular flexibility index (Phi) is 4.88. The summed E-state index contributed by atoms with van der Waals surface area (Å²) in [7, 11) is 0. The lowest BCUT2D eigenvalue weighted by Gasteiger charge is -2.58. The molecular weight excluding hydrogens is 364 g/mol. The number of hydrogen-bond acceptors (Lipinski definition) is 5. The molecule has 0 spiro atoms. The van der Waals surface area contributed by atoms with Crippen molar-refractivity contribution in [2.24, 2.45) is 5.92 Å².